The zero-order valence-electron chi connectivity index (χ0n) is 17.0. The number of carbonyl (C=O) groups is 1. The van der Waals surface area contributed by atoms with Crippen LogP contribution in [0.2, 0.25) is 0 Å². The molecule has 152 valence electrons. The summed E-state index contributed by atoms with van der Waals surface area (Å²) in [6.45, 7) is 4.21. The first kappa shape index (κ1) is 19.5. The highest BCUT2D eigenvalue weighted by Crippen LogP contribution is 2.29. The Morgan fingerprint density at radius 3 is 2.50 bits per heavy atom. The Hall–Kier alpha value is -3.79. The molecule has 0 unspecified atom stereocenters. The van der Waals surface area contributed by atoms with Gasteiger partial charge in [0.15, 0.2) is 0 Å². The van der Waals surface area contributed by atoms with Gasteiger partial charge in [-0.3, -0.25) is 4.79 Å². The van der Waals surface area contributed by atoms with Crippen LogP contribution in [0.15, 0.2) is 52.9 Å². The minimum Gasteiger partial charge on any atom is -0.497 e. The lowest BCUT2D eigenvalue weighted by atomic mass is 10.1. The summed E-state index contributed by atoms with van der Waals surface area (Å²) in [7, 11) is 1.60. The highest BCUT2D eigenvalue weighted by atomic mass is 16.5. The van der Waals surface area contributed by atoms with Gasteiger partial charge >= 0.3 is 0 Å². The smallest absolute Gasteiger partial charge is 0.253 e. The maximum atomic E-state index is 12.8. The molecule has 0 N–H and O–H groups in total. The number of hydrogen-bond acceptors (Lipinski definition) is 6. The molecule has 7 nitrogen and oxygen atoms in total. The molecule has 0 atom stereocenters. The number of aromatic nitrogens is 1. The summed E-state index contributed by atoms with van der Waals surface area (Å²) in [5.74, 6) is 1.60. The second-order valence-electron chi connectivity index (χ2n) is 7.16. The van der Waals surface area contributed by atoms with Gasteiger partial charge < -0.3 is 19.0 Å². The molecule has 0 saturated carbocycles. The zero-order valence-corrected chi connectivity index (χ0v) is 17.0. The van der Waals surface area contributed by atoms with Crippen LogP contribution in [0.3, 0.4) is 0 Å². The first-order chi connectivity index (χ1) is 14.6. The molecule has 2 aromatic carbocycles. The van der Waals surface area contributed by atoms with Crippen molar-refractivity contribution in [2.24, 2.45) is 0 Å². The molecule has 0 aliphatic carbocycles. The number of piperazine rings is 1. The van der Waals surface area contributed by atoms with Crippen molar-refractivity contribution in [1.29, 1.82) is 5.26 Å². The zero-order chi connectivity index (χ0) is 21.1. The van der Waals surface area contributed by atoms with E-state index in [1.807, 2.05) is 41.0 Å². The molecule has 4 rings (SSSR count). The number of oxazole rings is 1. The van der Waals surface area contributed by atoms with Crippen LogP contribution in [0.25, 0.3) is 11.5 Å². The van der Waals surface area contributed by atoms with Crippen LogP contribution in [-0.4, -0.2) is 49.1 Å². The fourth-order valence-corrected chi connectivity index (χ4v) is 3.53. The Kier molecular flexibility index (Phi) is 5.40. The number of amides is 1. The van der Waals surface area contributed by atoms with Crippen LogP contribution in [0.4, 0.5) is 5.88 Å². The summed E-state index contributed by atoms with van der Waals surface area (Å²) >= 11 is 0. The number of rotatable bonds is 4. The Labute approximate surface area is 175 Å². The fourth-order valence-electron chi connectivity index (χ4n) is 3.53. The predicted octanol–water partition coefficient (Wildman–Crippen LogP) is 3.49. The van der Waals surface area contributed by atoms with E-state index in [-0.39, 0.29) is 11.6 Å². The predicted molar refractivity (Wildman–Crippen MR) is 113 cm³/mol. The van der Waals surface area contributed by atoms with Crippen LogP contribution in [0.5, 0.6) is 5.75 Å². The second kappa shape index (κ2) is 8.29. The number of nitriles is 1. The summed E-state index contributed by atoms with van der Waals surface area (Å²) < 4.78 is 11.1. The molecule has 1 aliphatic heterocycles. The maximum Gasteiger partial charge on any atom is 0.253 e. The maximum absolute atomic E-state index is 12.8. The van der Waals surface area contributed by atoms with Crippen LogP contribution in [0, 0.1) is 18.3 Å². The van der Waals surface area contributed by atoms with Crippen molar-refractivity contribution in [3.63, 3.8) is 0 Å². The molecule has 1 saturated heterocycles. The van der Waals surface area contributed by atoms with Gasteiger partial charge in [0.25, 0.3) is 5.91 Å². The highest BCUT2D eigenvalue weighted by Gasteiger charge is 2.27. The number of ether oxygens (including phenoxy) is 1. The molecule has 0 radical (unpaired) electrons. The van der Waals surface area contributed by atoms with E-state index in [1.54, 1.807) is 31.4 Å². The van der Waals surface area contributed by atoms with Gasteiger partial charge in [-0.2, -0.15) is 10.2 Å². The Balaban J connectivity index is 1.47. The minimum absolute atomic E-state index is 0.0178. The molecular formula is C23H22N4O3. The topological polar surface area (TPSA) is 82.6 Å². The molecule has 0 bridgehead atoms. The third kappa shape index (κ3) is 3.85. The average molecular weight is 402 g/mol. The fraction of sp³-hybridized carbons (Fsp3) is 0.261. The summed E-state index contributed by atoms with van der Waals surface area (Å²) in [6.07, 6.45) is 0. The highest BCUT2D eigenvalue weighted by molar-refractivity contribution is 5.94. The summed E-state index contributed by atoms with van der Waals surface area (Å²) in [5.41, 5.74) is 2.83. The number of aryl methyl sites for hydroxylation is 1. The monoisotopic (exact) mass is 402 g/mol. The van der Waals surface area contributed by atoms with Crippen molar-refractivity contribution < 1.29 is 13.9 Å². The van der Waals surface area contributed by atoms with Gasteiger partial charge in [0, 0.05) is 37.3 Å². The Morgan fingerprint density at radius 1 is 1.13 bits per heavy atom. The van der Waals surface area contributed by atoms with Crippen LogP contribution >= 0.6 is 0 Å². The average Bonchev–Trinajstić information content (AvgIpc) is 3.23. The molecule has 7 heteroatoms. The first-order valence-corrected chi connectivity index (χ1v) is 9.75. The number of methoxy groups -OCH3 is 1. The summed E-state index contributed by atoms with van der Waals surface area (Å²) in [6, 6.07) is 17.1. The van der Waals surface area contributed by atoms with Crippen molar-refractivity contribution in [3.05, 3.63) is 65.4 Å². The lowest BCUT2D eigenvalue weighted by Gasteiger charge is -2.34. The van der Waals surface area contributed by atoms with E-state index in [9.17, 15) is 10.1 Å². The molecule has 1 amide bonds. The molecule has 30 heavy (non-hydrogen) atoms. The van der Waals surface area contributed by atoms with E-state index in [2.05, 4.69) is 11.1 Å². The normalized spacial score (nSPS) is 13.8. The standard InChI is InChI=1S/C23H22N4O3/c1-16-4-3-5-18(14-16)21-25-20(15-24)23(30-21)27-12-10-26(11-13-27)22(28)17-6-8-19(29-2)9-7-17/h3-9,14H,10-13H2,1-2H3. The minimum atomic E-state index is -0.0178. The SMILES string of the molecule is COc1ccc(C(=O)N2CCN(c3oc(-c4cccc(C)c4)nc3C#N)CC2)cc1. The van der Waals surface area contributed by atoms with E-state index in [0.29, 0.717) is 43.5 Å². The second-order valence-corrected chi connectivity index (χ2v) is 7.16. The number of hydrogen-bond donors (Lipinski definition) is 0. The number of anilines is 1. The first-order valence-electron chi connectivity index (χ1n) is 9.75. The summed E-state index contributed by atoms with van der Waals surface area (Å²) in [4.78, 5) is 20.9. The Bertz CT molecular complexity index is 1090. The number of benzene rings is 2. The van der Waals surface area contributed by atoms with Gasteiger partial charge in [-0.05, 0) is 43.3 Å². The molecule has 3 aromatic rings. The van der Waals surface area contributed by atoms with Crippen LogP contribution in [0.1, 0.15) is 21.6 Å². The summed E-state index contributed by atoms with van der Waals surface area (Å²) in [5, 5.41) is 9.52. The van der Waals surface area contributed by atoms with Crippen molar-refractivity contribution in [2.45, 2.75) is 6.92 Å². The quantitative estimate of drug-likeness (QED) is 0.664. The van der Waals surface area contributed by atoms with E-state index < -0.39 is 0 Å². The molecule has 1 fully saturated rings. The number of nitrogens with zero attached hydrogens (tertiary/aromatic N) is 4. The van der Waals surface area contributed by atoms with Crippen molar-refractivity contribution >= 4 is 11.8 Å². The number of carbonyl (C=O) groups excluding carboxylic acids is 1. The Morgan fingerprint density at radius 2 is 1.87 bits per heavy atom. The van der Waals surface area contributed by atoms with E-state index >= 15 is 0 Å². The molecular weight excluding hydrogens is 380 g/mol. The van der Waals surface area contributed by atoms with Crippen molar-refractivity contribution in [3.8, 4) is 23.3 Å². The van der Waals surface area contributed by atoms with Gasteiger partial charge in [-0.15, -0.1) is 0 Å². The van der Waals surface area contributed by atoms with Gasteiger partial charge in [0.2, 0.25) is 17.5 Å². The lowest BCUT2D eigenvalue weighted by Crippen LogP contribution is -2.48. The van der Waals surface area contributed by atoms with E-state index in [4.69, 9.17) is 9.15 Å². The molecule has 1 aromatic heterocycles. The third-order valence-electron chi connectivity index (χ3n) is 5.17. The molecule has 0 spiro atoms. The van der Waals surface area contributed by atoms with Crippen LogP contribution in [-0.2, 0) is 0 Å². The van der Waals surface area contributed by atoms with Gasteiger partial charge in [0.05, 0.1) is 7.11 Å². The van der Waals surface area contributed by atoms with E-state index in [1.165, 1.54) is 0 Å². The van der Waals surface area contributed by atoms with Gasteiger partial charge in [-0.25, -0.2) is 0 Å². The van der Waals surface area contributed by atoms with E-state index in [0.717, 1.165) is 16.9 Å². The van der Waals surface area contributed by atoms with Gasteiger partial charge in [-0.1, -0.05) is 17.7 Å². The van der Waals surface area contributed by atoms with Crippen molar-refractivity contribution in [2.75, 3.05) is 38.2 Å². The van der Waals surface area contributed by atoms with Crippen LogP contribution < -0.4 is 9.64 Å². The largest absolute Gasteiger partial charge is 0.497 e. The van der Waals surface area contributed by atoms with Gasteiger partial charge in [0.1, 0.15) is 11.8 Å². The lowest BCUT2D eigenvalue weighted by molar-refractivity contribution is 0.0745. The molecule has 2 heterocycles. The third-order valence-corrected chi connectivity index (χ3v) is 5.17. The molecule has 1 aliphatic rings. The van der Waals surface area contributed by atoms with Crippen molar-refractivity contribution in [1.82, 2.24) is 9.88 Å².